The van der Waals surface area contributed by atoms with E-state index in [1.54, 1.807) is 11.3 Å². The Morgan fingerprint density at radius 1 is 1.39 bits per heavy atom. The molecule has 1 saturated heterocycles. The Morgan fingerprint density at radius 3 is 3.04 bits per heavy atom. The third-order valence-corrected chi connectivity index (χ3v) is 4.78. The molecular weight excluding hydrogens is 334 g/mol. The van der Waals surface area contributed by atoms with Crippen molar-refractivity contribution in [2.75, 3.05) is 26.2 Å². The van der Waals surface area contributed by atoms with Gasteiger partial charge in [-0.15, -0.1) is 23.7 Å². The summed E-state index contributed by atoms with van der Waals surface area (Å²) in [7, 11) is 0. The summed E-state index contributed by atoms with van der Waals surface area (Å²) < 4.78 is 6.70. The van der Waals surface area contributed by atoms with Crippen molar-refractivity contribution in [3.63, 3.8) is 0 Å². The number of halogens is 1. The molecule has 5 nitrogen and oxygen atoms in total. The normalized spacial score (nSPS) is 17.1. The molecule has 0 bridgehead atoms. The highest BCUT2D eigenvalue weighted by Crippen LogP contribution is 2.21. The highest BCUT2D eigenvalue weighted by atomic mass is 35.5. The fraction of sp³-hybridized carbons (Fsp3) is 0.500. The number of carbonyl (C=O) groups is 1. The number of hydrogen-bond donors (Lipinski definition) is 2. The lowest BCUT2D eigenvalue weighted by Crippen LogP contribution is -2.37. The van der Waals surface area contributed by atoms with Gasteiger partial charge < -0.3 is 15.4 Å². The van der Waals surface area contributed by atoms with Crippen molar-refractivity contribution in [1.82, 2.24) is 15.6 Å². The quantitative estimate of drug-likeness (QED) is 0.798. The molecule has 1 aliphatic rings. The molecule has 126 valence electrons. The first kappa shape index (κ1) is 18.1. The average Bonchev–Trinajstić information content (AvgIpc) is 3.15. The topological polar surface area (TPSA) is 63.2 Å². The highest BCUT2D eigenvalue weighted by Gasteiger charge is 2.15. The molecule has 23 heavy (non-hydrogen) atoms. The van der Waals surface area contributed by atoms with Crippen LogP contribution in [0.3, 0.4) is 0 Å². The molecule has 3 rings (SSSR count). The summed E-state index contributed by atoms with van der Waals surface area (Å²) in [6.45, 7) is 2.58. The van der Waals surface area contributed by atoms with E-state index in [2.05, 4.69) is 21.7 Å². The standard InChI is InChI=1S/C16H21N3O2S.ClH/c20-15(11-17-10-12-4-3-9-21-12)18-8-7-16-19-13-5-1-2-6-14(13)22-16;/h1-2,5-6,12,17H,3-4,7-11H2,(H,18,20);1H. The molecule has 1 aromatic heterocycles. The molecule has 1 aliphatic heterocycles. The number of amides is 1. The zero-order valence-electron chi connectivity index (χ0n) is 12.9. The first-order valence-corrected chi connectivity index (χ1v) is 8.56. The van der Waals surface area contributed by atoms with Crippen molar-refractivity contribution in [1.29, 1.82) is 0 Å². The molecule has 0 aliphatic carbocycles. The van der Waals surface area contributed by atoms with Gasteiger partial charge in [0, 0.05) is 26.1 Å². The van der Waals surface area contributed by atoms with Crippen LogP contribution in [-0.4, -0.2) is 43.2 Å². The number of aromatic nitrogens is 1. The third-order valence-electron chi connectivity index (χ3n) is 3.68. The van der Waals surface area contributed by atoms with E-state index in [1.807, 2.05) is 18.2 Å². The van der Waals surface area contributed by atoms with E-state index in [0.29, 0.717) is 13.1 Å². The van der Waals surface area contributed by atoms with Crippen LogP contribution >= 0.6 is 23.7 Å². The molecule has 1 amide bonds. The van der Waals surface area contributed by atoms with Crippen molar-refractivity contribution in [3.8, 4) is 0 Å². The van der Waals surface area contributed by atoms with Crippen molar-refractivity contribution in [2.24, 2.45) is 0 Å². The Balaban J connectivity index is 0.00000192. The third kappa shape index (κ3) is 5.42. The van der Waals surface area contributed by atoms with Gasteiger partial charge in [-0.25, -0.2) is 4.98 Å². The number of hydrogen-bond acceptors (Lipinski definition) is 5. The van der Waals surface area contributed by atoms with Crippen molar-refractivity contribution >= 4 is 39.9 Å². The Kier molecular flexibility index (Phi) is 7.23. The van der Waals surface area contributed by atoms with Crippen molar-refractivity contribution in [2.45, 2.75) is 25.4 Å². The van der Waals surface area contributed by atoms with Gasteiger partial charge in [-0.3, -0.25) is 4.79 Å². The number of benzene rings is 1. The van der Waals surface area contributed by atoms with E-state index in [9.17, 15) is 4.79 Å². The highest BCUT2D eigenvalue weighted by molar-refractivity contribution is 7.18. The monoisotopic (exact) mass is 355 g/mol. The summed E-state index contributed by atoms with van der Waals surface area (Å²) in [4.78, 5) is 16.3. The van der Waals surface area contributed by atoms with Gasteiger partial charge in [0.25, 0.3) is 0 Å². The SMILES string of the molecule is Cl.O=C(CNCC1CCCO1)NCCc1nc2ccccc2s1. The minimum absolute atomic E-state index is 0. The molecular formula is C16H22ClN3O2S. The van der Waals surface area contributed by atoms with Crippen LogP contribution in [0.4, 0.5) is 0 Å². The molecule has 1 unspecified atom stereocenters. The Labute approximate surface area is 146 Å². The van der Waals surface area contributed by atoms with Gasteiger partial charge in [-0.1, -0.05) is 12.1 Å². The van der Waals surface area contributed by atoms with Gasteiger partial charge in [-0.05, 0) is 25.0 Å². The Bertz CT molecular complexity index is 596. The summed E-state index contributed by atoms with van der Waals surface area (Å²) in [5, 5.41) is 7.14. The molecule has 0 saturated carbocycles. The van der Waals surface area contributed by atoms with E-state index in [-0.39, 0.29) is 24.4 Å². The minimum Gasteiger partial charge on any atom is -0.377 e. The van der Waals surface area contributed by atoms with E-state index in [1.165, 1.54) is 4.70 Å². The first-order valence-electron chi connectivity index (χ1n) is 7.75. The minimum atomic E-state index is 0. The van der Waals surface area contributed by atoms with Crippen LogP contribution in [-0.2, 0) is 16.0 Å². The predicted molar refractivity (Wildman–Crippen MR) is 95.4 cm³/mol. The van der Waals surface area contributed by atoms with Gasteiger partial charge >= 0.3 is 0 Å². The van der Waals surface area contributed by atoms with E-state index in [0.717, 1.165) is 42.9 Å². The van der Waals surface area contributed by atoms with Gasteiger partial charge in [0.2, 0.25) is 5.91 Å². The maximum Gasteiger partial charge on any atom is 0.233 e. The van der Waals surface area contributed by atoms with Gasteiger partial charge in [0.05, 0.1) is 27.9 Å². The largest absolute Gasteiger partial charge is 0.377 e. The van der Waals surface area contributed by atoms with E-state index >= 15 is 0 Å². The number of rotatable bonds is 7. The zero-order chi connectivity index (χ0) is 15.2. The molecule has 0 spiro atoms. The van der Waals surface area contributed by atoms with Crippen LogP contribution in [0.15, 0.2) is 24.3 Å². The van der Waals surface area contributed by atoms with Gasteiger partial charge in [0.1, 0.15) is 0 Å². The average molecular weight is 356 g/mol. The fourth-order valence-electron chi connectivity index (χ4n) is 2.55. The van der Waals surface area contributed by atoms with Crippen LogP contribution in [0.2, 0.25) is 0 Å². The number of nitrogens with one attached hydrogen (secondary N) is 2. The summed E-state index contributed by atoms with van der Waals surface area (Å²) in [6, 6.07) is 8.10. The van der Waals surface area contributed by atoms with E-state index < -0.39 is 0 Å². The van der Waals surface area contributed by atoms with E-state index in [4.69, 9.17) is 4.74 Å². The smallest absolute Gasteiger partial charge is 0.233 e. The molecule has 1 aromatic carbocycles. The predicted octanol–water partition coefficient (Wildman–Crippen LogP) is 2.15. The lowest BCUT2D eigenvalue weighted by molar-refractivity contribution is -0.120. The lowest BCUT2D eigenvalue weighted by atomic mass is 10.2. The number of para-hydroxylation sites is 1. The van der Waals surface area contributed by atoms with Crippen LogP contribution in [0.25, 0.3) is 10.2 Å². The molecule has 2 heterocycles. The maximum atomic E-state index is 11.7. The van der Waals surface area contributed by atoms with Crippen LogP contribution in [0.5, 0.6) is 0 Å². The number of ether oxygens (including phenoxy) is 1. The number of thiazole rings is 1. The summed E-state index contributed by atoms with van der Waals surface area (Å²) in [5.74, 6) is 0.0270. The summed E-state index contributed by atoms with van der Waals surface area (Å²) in [5.41, 5.74) is 1.03. The van der Waals surface area contributed by atoms with Gasteiger partial charge in [0.15, 0.2) is 0 Å². The van der Waals surface area contributed by atoms with Crippen LogP contribution in [0, 0.1) is 0 Å². The maximum absolute atomic E-state index is 11.7. The summed E-state index contributed by atoms with van der Waals surface area (Å²) >= 11 is 1.69. The molecule has 1 fully saturated rings. The lowest BCUT2D eigenvalue weighted by Gasteiger charge is -2.10. The van der Waals surface area contributed by atoms with Gasteiger partial charge in [-0.2, -0.15) is 0 Å². The van der Waals surface area contributed by atoms with Crippen molar-refractivity contribution < 1.29 is 9.53 Å². The second-order valence-electron chi connectivity index (χ2n) is 5.44. The molecule has 0 radical (unpaired) electrons. The number of fused-ring (bicyclic) bond motifs is 1. The van der Waals surface area contributed by atoms with Crippen LogP contribution in [0.1, 0.15) is 17.8 Å². The number of carbonyl (C=O) groups excluding carboxylic acids is 1. The Hall–Kier alpha value is -1.21. The molecule has 2 aromatic rings. The molecule has 7 heteroatoms. The van der Waals surface area contributed by atoms with Crippen LogP contribution < -0.4 is 10.6 Å². The Morgan fingerprint density at radius 2 is 2.26 bits per heavy atom. The second-order valence-corrected chi connectivity index (χ2v) is 6.56. The van der Waals surface area contributed by atoms with Crippen molar-refractivity contribution in [3.05, 3.63) is 29.3 Å². The zero-order valence-corrected chi connectivity index (χ0v) is 14.5. The molecule has 2 N–H and O–H groups in total. The fourth-order valence-corrected chi connectivity index (χ4v) is 3.52. The summed E-state index contributed by atoms with van der Waals surface area (Å²) in [6.07, 6.45) is 3.26. The second kappa shape index (κ2) is 9.17. The first-order chi connectivity index (χ1) is 10.8. The molecule has 1 atom stereocenters. The number of nitrogens with zero attached hydrogens (tertiary/aromatic N) is 1.